The lowest BCUT2D eigenvalue weighted by atomic mass is 10.1. The summed E-state index contributed by atoms with van der Waals surface area (Å²) >= 11 is 0. The zero-order valence-corrected chi connectivity index (χ0v) is 16.2. The minimum atomic E-state index is -0.271. The molecule has 1 aromatic carbocycles. The molecule has 8 heteroatoms. The van der Waals surface area contributed by atoms with E-state index >= 15 is 0 Å². The van der Waals surface area contributed by atoms with Crippen molar-refractivity contribution in [3.63, 3.8) is 0 Å². The van der Waals surface area contributed by atoms with Crippen molar-refractivity contribution in [1.29, 1.82) is 0 Å². The molecule has 0 bridgehead atoms. The largest absolute Gasteiger partial charge is 0.459 e. The lowest BCUT2D eigenvalue weighted by molar-refractivity contribution is 0.0657. The van der Waals surface area contributed by atoms with Gasteiger partial charge in [-0.25, -0.2) is 4.39 Å². The molecule has 0 atom stereocenters. The second-order valence-corrected chi connectivity index (χ2v) is 6.52. The quantitative estimate of drug-likeness (QED) is 0.628. The van der Waals surface area contributed by atoms with Crippen LogP contribution in [-0.2, 0) is 17.9 Å². The maximum atomic E-state index is 13.7. The molecule has 2 aromatic rings. The van der Waals surface area contributed by atoms with Crippen LogP contribution in [0.5, 0.6) is 0 Å². The summed E-state index contributed by atoms with van der Waals surface area (Å²) in [7, 11) is 3.27. The first-order chi connectivity index (χ1) is 13.6. The van der Waals surface area contributed by atoms with Crippen molar-refractivity contribution in [3.05, 3.63) is 59.3 Å². The molecule has 0 aliphatic carbocycles. The van der Waals surface area contributed by atoms with Crippen LogP contribution in [0.1, 0.15) is 21.7 Å². The number of nitrogens with one attached hydrogen (secondary N) is 1. The summed E-state index contributed by atoms with van der Waals surface area (Å²) in [4.78, 5) is 20.6. The van der Waals surface area contributed by atoms with Crippen LogP contribution in [0.4, 0.5) is 4.39 Å². The Morgan fingerprint density at radius 2 is 2.00 bits per heavy atom. The number of aliphatic imine (C=N–C) groups is 1. The van der Waals surface area contributed by atoms with Crippen molar-refractivity contribution >= 4 is 11.9 Å². The topological polar surface area (TPSA) is 70.3 Å². The van der Waals surface area contributed by atoms with Gasteiger partial charge in [-0.1, -0.05) is 6.07 Å². The summed E-state index contributed by atoms with van der Waals surface area (Å²) in [6, 6.07) is 8.37. The van der Waals surface area contributed by atoms with Crippen LogP contribution in [0, 0.1) is 5.82 Å². The average Bonchev–Trinajstić information content (AvgIpc) is 3.26. The zero-order chi connectivity index (χ0) is 19.9. The van der Waals surface area contributed by atoms with Gasteiger partial charge in [-0.05, 0) is 29.8 Å². The standard InChI is InChI=1S/C20H25FN4O3/c1-22-20(23-13-15-5-6-17(21)16(12-15)14-27-2)25-9-7-24(8-10-25)19(26)18-4-3-11-28-18/h3-6,11-12H,7-10,13-14H2,1-2H3,(H,22,23). The number of carbonyl (C=O) groups is 1. The van der Waals surface area contributed by atoms with E-state index in [2.05, 4.69) is 15.2 Å². The third-order valence-electron chi connectivity index (χ3n) is 4.67. The third kappa shape index (κ3) is 4.69. The second-order valence-electron chi connectivity index (χ2n) is 6.52. The number of hydrogen-bond donors (Lipinski definition) is 1. The maximum absolute atomic E-state index is 13.7. The molecule has 1 fully saturated rings. The van der Waals surface area contributed by atoms with Crippen molar-refractivity contribution in [2.75, 3.05) is 40.3 Å². The van der Waals surface area contributed by atoms with Crippen LogP contribution in [0.3, 0.4) is 0 Å². The van der Waals surface area contributed by atoms with Gasteiger partial charge in [-0.15, -0.1) is 0 Å². The van der Waals surface area contributed by atoms with Gasteiger partial charge < -0.3 is 24.3 Å². The molecule has 0 unspecified atom stereocenters. The molecule has 1 aliphatic heterocycles. The van der Waals surface area contributed by atoms with Gasteiger partial charge in [-0.2, -0.15) is 0 Å². The van der Waals surface area contributed by atoms with Crippen molar-refractivity contribution in [2.45, 2.75) is 13.2 Å². The number of rotatable bonds is 5. The van der Waals surface area contributed by atoms with Gasteiger partial charge in [0, 0.05) is 52.4 Å². The molecule has 0 radical (unpaired) electrons. The van der Waals surface area contributed by atoms with E-state index < -0.39 is 0 Å². The number of carbonyl (C=O) groups excluding carboxylic acids is 1. The number of ether oxygens (including phenoxy) is 1. The van der Waals surface area contributed by atoms with E-state index in [-0.39, 0.29) is 18.3 Å². The number of benzene rings is 1. The molecule has 1 aliphatic rings. The Kier molecular flexibility index (Phi) is 6.65. The number of guanidine groups is 1. The highest BCUT2D eigenvalue weighted by molar-refractivity contribution is 5.91. The van der Waals surface area contributed by atoms with Crippen LogP contribution in [0.25, 0.3) is 0 Å². The highest BCUT2D eigenvalue weighted by Crippen LogP contribution is 2.13. The lowest BCUT2D eigenvalue weighted by Gasteiger charge is -2.36. The summed E-state index contributed by atoms with van der Waals surface area (Å²) in [6.07, 6.45) is 1.50. The first kappa shape index (κ1) is 19.9. The van der Waals surface area contributed by atoms with Crippen LogP contribution >= 0.6 is 0 Å². The summed E-state index contributed by atoms with van der Waals surface area (Å²) < 4.78 is 24.0. The number of methoxy groups -OCH3 is 1. The predicted octanol–water partition coefficient (Wildman–Crippen LogP) is 2.10. The van der Waals surface area contributed by atoms with E-state index in [4.69, 9.17) is 9.15 Å². The first-order valence-electron chi connectivity index (χ1n) is 9.17. The van der Waals surface area contributed by atoms with Crippen LogP contribution in [-0.4, -0.2) is 62.0 Å². The Morgan fingerprint density at radius 1 is 1.25 bits per heavy atom. The highest BCUT2D eigenvalue weighted by Gasteiger charge is 2.25. The van der Waals surface area contributed by atoms with E-state index in [9.17, 15) is 9.18 Å². The Balaban J connectivity index is 1.54. The summed E-state index contributed by atoms with van der Waals surface area (Å²) in [5.74, 6) is 0.749. The van der Waals surface area contributed by atoms with Crippen molar-refractivity contribution in [2.24, 2.45) is 4.99 Å². The van der Waals surface area contributed by atoms with E-state index in [1.807, 2.05) is 0 Å². The highest BCUT2D eigenvalue weighted by atomic mass is 19.1. The predicted molar refractivity (Wildman–Crippen MR) is 103 cm³/mol. The number of hydrogen-bond acceptors (Lipinski definition) is 4. The van der Waals surface area contributed by atoms with E-state index in [1.165, 1.54) is 12.3 Å². The Labute approximate surface area is 163 Å². The SMILES string of the molecule is CN=C(NCc1ccc(F)c(COC)c1)N1CCN(C(=O)c2ccco2)CC1. The zero-order valence-electron chi connectivity index (χ0n) is 16.2. The van der Waals surface area contributed by atoms with E-state index in [1.54, 1.807) is 43.3 Å². The third-order valence-corrected chi connectivity index (χ3v) is 4.67. The number of halogens is 1. The van der Waals surface area contributed by atoms with Crippen molar-refractivity contribution < 1.29 is 18.3 Å². The van der Waals surface area contributed by atoms with Gasteiger partial charge in [-0.3, -0.25) is 9.79 Å². The summed E-state index contributed by atoms with van der Waals surface area (Å²) in [5, 5.41) is 3.31. The number of nitrogens with zero attached hydrogens (tertiary/aromatic N) is 3. The Morgan fingerprint density at radius 3 is 2.64 bits per heavy atom. The van der Waals surface area contributed by atoms with Crippen molar-refractivity contribution in [3.8, 4) is 0 Å². The van der Waals surface area contributed by atoms with Gasteiger partial charge in [0.25, 0.3) is 5.91 Å². The molecule has 28 heavy (non-hydrogen) atoms. The van der Waals surface area contributed by atoms with Crippen LogP contribution in [0.15, 0.2) is 46.0 Å². The lowest BCUT2D eigenvalue weighted by Crippen LogP contribution is -2.53. The van der Waals surface area contributed by atoms with Crippen LogP contribution in [0.2, 0.25) is 0 Å². The second kappa shape index (κ2) is 9.36. The molecule has 1 saturated heterocycles. The van der Waals surface area contributed by atoms with Gasteiger partial charge in [0.1, 0.15) is 5.82 Å². The van der Waals surface area contributed by atoms with Crippen molar-refractivity contribution in [1.82, 2.24) is 15.1 Å². The van der Waals surface area contributed by atoms with E-state index in [0.717, 1.165) is 11.5 Å². The van der Waals surface area contributed by atoms with Gasteiger partial charge in [0.15, 0.2) is 11.7 Å². The Hall–Kier alpha value is -2.87. The van der Waals surface area contributed by atoms with E-state index in [0.29, 0.717) is 44.0 Å². The monoisotopic (exact) mass is 388 g/mol. The fourth-order valence-corrected chi connectivity index (χ4v) is 3.19. The maximum Gasteiger partial charge on any atom is 0.289 e. The molecule has 3 rings (SSSR count). The summed E-state index contributed by atoms with van der Waals surface area (Å²) in [6.45, 7) is 3.29. The molecule has 2 heterocycles. The molecule has 0 spiro atoms. The molecule has 1 amide bonds. The number of furan rings is 1. The molecular formula is C20H25FN4O3. The molecule has 7 nitrogen and oxygen atoms in total. The molecule has 1 aromatic heterocycles. The first-order valence-corrected chi connectivity index (χ1v) is 9.17. The minimum absolute atomic E-state index is 0.0930. The normalized spacial score (nSPS) is 15.0. The van der Waals surface area contributed by atoms with Crippen LogP contribution < -0.4 is 5.32 Å². The summed E-state index contributed by atoms with van der Waals surface area (Å²) in [5.41, 5.74) is 1.48. The average molecular weight is 388 g/mol. The Bertz CT molecular complexity index is 815. The molecule has 1 N–H and O–H groups in total. The molecule has 150 valence electrons. The fourth-order valence-electron chi connectivity index (χ4n) is 3.19. The van der Waals surface area contributed by atoms with Gasteiger partial charge in [0.2, 0.25) is 0 Å². The molecule has 0 saturated carbocycles. The minimum Gasteiger partial charge on any atom is -0.459 e. The molecular weight excluding hydrogens is 363 g/mol. The van der Waals surface area contributed by atoms with Gasteiger partial charge in [0.05, 0.1) is 12.9 Å². The number of piperazine rings is 1. The smallest absolute Gasteiger partial charge is 0.289 e. The fraction of sp³-hybridized carbons (Fsp3) is 0.400. The number of amides is 1. The van der Waals surface area contributed by atoms with Gasteiger partial charge >= 0.3 is 0 Å².